The van der Waals surface area contributed by atoms with Gasteiger partial charge in [0, 0.05) is 6.54 Å². The number of rotatable bonds is 6. The van der Waals surface area contributed by atoms with Gasteiger partial charge in [0.15, 0.2) is 0 Å². The first-order valence-electron chi connectivity index (χ1n) is 7.49. The SMILES string of the molecule is OC(CNC(c1ccccc1)c1ccc(F)cc1)c1ccco1. The minimum atomic E-state index is -0.739. The molecule has 0 radical (unpaired) electrons. The molecule has 0 aliphatic rings. The molecule has 2 atom stereocenters. The third-order valence-electron chi connectivity index (χ3n) is 3.72. The maximum Gasteiger partial charge on any atom is 0.133 e. The summed E-state index contributed by atoms with van der Waals surface area (Å²) in [6.07, 6.45) is 0.796. The third kappa shape index (κ3) is 3.86. The molecule has 1 heterocycles. The molecule has 2 unspecified atom stereocenters. The first kappa shape index (κ1) is 15.5. The summed E-state index contributed by atoms with van der Waals surface area (Å²) in [6.45, 7) is 0.324. The normalized spacial score (nSPS) is 13.7. The number of halogens is 1. The smallest absolute Gasteiger partial charge is 0.133 e. The highest BCUT2D eigenvalue weighted by molar-refractivity contribution is 5.31. The maximum atomic E-state index is 13.2. The molecule has 3 nitrogen and oxygen atoms in total. The van der Waals surface area contributed by atoms with Crippen LogP contribution < -0.4 is 5.32 Å². The molecule has 3 rings (SSSR count). The van der Waals surface area contributed by atoms with Crippen LogP contribution in [0, 0.1) is 5.82 Å². The molecule has 23 heavy (non-hydrogen) atoms. The summed E-state index contributed by atoms with van der Waals surface area (Å²) in [4.78, 5) is 0. The van der Waals surface area contributed by atoms with Gasteiger partial charge < -0.3 is 14.8 Å². The zero-order valence-corrected chi connectivity index (χ0v) is 12.5. The Morgan fingerprint density at radius 3 is 2.26 bits per heavy atom. The molecule has 0 saturated heterocycles. The molecule has 0 aliphatic carbocycles. The third-order valence-corrected chi connectivity index (χ3v) is 3.72. The second kappa shape index (κ2) is 7.22. The standard InChI is InChI=1S/C19H18FNO2/c20-16-10-8-15(9-11-16)19(14-5-2-1-3-6-14)21-13-17(22)18-7-4-12-23-18/h1-12,17,19,21-22H,13H2. The van der Waals surface area contributed by atoms with Crippen molar-refractivity contribution >= 4 is 0 Å². The van der Waals surface area contributed by atoms with E-state index in [-0.39, 0.29) is 11.9 Å². The molecule has 3 aromatic rings. The lowest BCUT2D eigenvalue weighted by Crippen LogP contribution is -2.27. The van der Waals surface area contributed by atoms with Gasteiger partial charge in [0.2, 0.25) is 0 Å². The summed E-state index contributed by atoms with van der Waals surface area (Å²) in [7, 11) is 0. The molecular weight excluding hydrogens is 293 g/mol. The van der Waals surface area contributed by atoms with E-state index in [2.05, 4.69) is 5.32 Å². The van der Waals surface area contributed by atoms with Gasteiger partial charge >= 0.3 is 0 Å². The van der Waals surface area contributed by atoms with Gasteiger partial charge in [-0.2, -0.15) is 0 Å². The van der Waals surface area contributed by atoms with E-state index in [4.69, 9.17) is 4.42 Å². The van der Waals surface area contributed by atoms with Crippen LogP contribution in [-0.2, 0) is 0 Å². The quantitative estimate of drug-likeness (QED) is 0.727. The number of hydrogen-bond donors (Lipinski definition) is 2. The van der Waals surface area contributed by atoms with Gasteiger partial charge in [-0.05, 0) is 35.4 Å². The summed E-state index contributed by atoms with van der Waals surface area (Å²) < 4.78 is 18.4. The summed E-state index contributed by atoms with van der Waals surface area (Å²) >= 11 is 0. The van der Waals surface area contributed by atoms with Gasteiger partial charge in [0.1, 0.15) is 17.7 Å². The van der Waals surface area contributed by atoms with E-state index < -0.39 is 6.10 Å². The number of hydrogen-bond acceptors (Lipinski definition) is 3. The van der Waals surface area contributed by atoms with Crippen LogP contribution in [-0.4, -0.2) is 11.7 Å². The van der Waals surface area contributed by atoms with E-state index in [1.807, 2.05) is 30.3 Å². The van der Waals surface area contributed by atoms with E-state index in [0.29, 0.717) is 12.3 Å². The average molecular weight is 311 g/mol. The summed E-state index contributed by atoms with van der Waals surface area (Å²) in [5.74, 6) is 0.250. The van der Waals surface area contributed by atoms with Crippen LogP contribution in [0.4, 0.5) is 4.39 Å². The van der Waals surface area contributed by atoms with Gasteiger partial charge in [0.05, 0.1) is 12.3 Å². The van der Waals surface area contributed by atoms with Crippen LogP contribution in [0.3, 0.4) is 0 Å². The number of benzene rings is 2. The van der Waals surface area contributed by atoms with Crippen LogP contribution >= 0.6 is 0 Å². The number of aliphatic hydroxyl groups is 1. The first-order chi connectivity index (χ1) is 11.2. The number of aliphatic hydroxyl groups excluding tert-OH is 1. The van der Waals surface area contributed by atoms with Crippen LogP contribution in [0.25, 0.3) is 0 Å². The van der Waals surface area contributed by atoms with Gasteiger partial charge in [-0.25, -0.2) is 4.39 Å². The highest BCUT2D eigenvalue weighted by atomic mass is 19.1. The fourth-order valence-electron chi connectivity index (χ4n) is 2.54. The molecule has 118 valence electrons. The van der Waals surface area contributed by atoms with Crippen LogP contribution in [0.1, 0.15) is 29.0 Å². The Morgan fingerprint density at radius 1 is 0.913 bits per heavy atom. The molecule has 0 fully saturated rings. The van der Waals surface area contributed by atoms with Gasteiger partial charge in [0.25, 0.3) is 0 Å². The predicted molar refractivity (Wildman–Crippen MR) is 86.4 cm³/mol. The second-order valence-corrected chi connectivity index (χ2v) is 5.33. The Kier molecular flexibility index (Phi) is 4.86. The van der Waals surface area contributed by atoms with Crippen molar-refractivity contribution in [2.24, 2.45) is 0 Å². The lowest BCUT2D eigenvalue weighted by Gasteiger charge is -2.21. The Bertz CT molecular complexity index is 711. The Morgan fingerprint density at radius 2 is 1.61 bits per heavy atom. The molecule has 1 aromatic heterocycles. The average Bonchev–Trinajstić information content (AvgIpc) is 3.12. The largest absolute Gasteiger partial charge is 0.467 e. The monoisotopic (exact) mass is 311 g/mol. The van der Waals surface area contributed by atoms with Crippen LogP contribution in [0.5, 0.6) is 0 Å². The molecule has 0 spiro atoms. The van der Waals surface area contributed by atoms with E-state index in [1.165, 1.54) is 18.4 Å². The highest BCUT2D eigenvalue weighted by Gasteiger charge is 2.17. The van der Waals surface area contributed by atoms with E-state index in [0.717, 1.165) is 11.1 Å². The number of furan rings is 1. The molecule has 2 aromatic carbocycles. The predicted octanol–water partition coefficient (Wildman–Crippen LogP) is 3.83. The van der Waals surface area contributed by atoms with Crippen LogP contribution in [0.2, 0.25) is 0 Å². The highest BCUT2D eigenvalue weighted by Crippen LogP contribution is 2.23. The lowest BCUT2D eigenvalue weighted by atomic mass is 9.98. The zero-order valence-electron chi connectivity index (χ0n) is 12.5. The molecule has 0 aliphatic heterocycles. The van der Waals surface area contributed by atoms with Crippen LogP contribution in [0.15, 0.2) is 77.4 Å². The van der Waals surface area contributed by atoms with Crippen molar-refractivity contribution in [1.82, 2.24) is 5.32 Å². The summed E-state index contributed by atoms with van der Waals surface area (Å²) in [5, 5.41) is 13.5. The topological polar surface area (TPSA) is 45.4 Å². The fourth-order valence-corrected chi connectivity index (χ4v) is 2.54. The second-order valence-electron chi connectivity index (χ2n) is 5.33. The Balaban J connectivity index is 1.79. The summed E-state index contributed by atoms with van der Waals surface area (Å²) in [6, 6.07) is 19.6. The van der Waals surface area contributed by atoms with Gasteiger partial charge in [-0.15, -0.1) is 0 Å². The molecular formula is C19H18FNO2. The maximum absolute atomic E-state index is 13.2. The van der Waals surface area contributed by atoms with Crippen molar-refractivity contribution in [2.75, 3.05) is 6.54 Å². The van der Waals surface area contributed by atoms with Crippen molar-refractivity contribution in [3.63, 3.8) is 0 Å². The van der Waals surface area contributed by atoms with Crippen molar-refractivity contribution in [1.29, 1.82) is 0 Å². The molecule has 0 amide bonds. The lowest BCUT2D eigenvalue weighted by molar-refractivity contribution is 0.145. The van der Waals surface area contributed by atoms with Gasteiger partial charge in [-0.3, -0.25) is 0 Å². The summed E-state index contributed by atoms with van der Waals surface area (Å²) in [5.41, 5.74) is 1.98. The minimum Gasteiger partial charge on any atom is -0.467 e. The van der Waals surface area contributed by atoms with Crippen molar-refractivity contribution in [2.45, 2.75) is 12.1 Å². The first-order valence-corrected chi connectivity index (χ1v) is 7.49. The molecule has 4 heteroatoms. The molecule has 0 saturated carbocycles. The van der Waals surface area contributed by atoms with Crippen molar-refractivity contribution < 1.29 is 13.9 Å². The number of nitrogens with one attached hydrogen (secondary N) is 1. The van der Waals surface area contributed by atoms with Gasteiger partial charge in [-0.1, -0.05) is 42.5 Å². The Hall–Kier alpha value is -2.43. The Labute approximate surface area is 134 Å². The van der Waals surface area contributed by atoms with Crippen molar-refractivity contribution in [3.05, 3.63) is 95.7 Å². The molecule has 0 bridgehead atoms. The minimum absolute atomic E-state index is 0.138. The van der Waals surface area contributed by atoms with E-state index >= 15 is 0 Å². The fraction of sp³-hybridized carbons (Fsp3) is 0.158. The van der Waals surface area contributed by atoms with E-state index in [1.54, 1.807) is 24.3 Å². The zero-order chi connectivity index (χ0) is 16.1. The molecule has 2 N–H and O–H groups in total. The van der Waals surface area contributed by atoms with E-state index in [9.17, 15) is 9.50 Å². The van der Waals surface area contributed by atoms with Crippen molar-refractivity contribution in [3.8, 4) is 0 Å².